The summed E-state index contributed by atoms with van der Waals surface area (Å²) in [5.74, 6) is 0.0824. The molecule has 2 heterocycles. The Morgan fingerprint density at radius 1 is 1.24 bits per heavy atom. The first-order valence-electron chi connectivity index (χ1n) is 8.54. The second-order valence-corrected chi connectivity index (χ2v) is 6.50. The van der Waals surface area contributed by atoms with E-state index in [9.17, 15) is 9.59 Å². The van der Waals surface area contributed by atoms with Gasteiger partial charge >= 0.3 is 0 Å². The van der Waals surface area contributed by atoms with Crippen LogP contribution in [-0.2, 0) is 27.3 Å². The summed E-state index contributed by atoms with van der Waals surface area (Å²) in [7, 11) is 1.53. The van der Waals surface area contributed by atoms with E-state index in [2.05, 4.69) is 22.8 Å². The quantitative estimate of drug-likeness (QED) is 0.828. The van der Waals surface area contributed by atoms with Crippen molar-refractivity contribution < 1.29 is 14.3 Å². The van der Waals surface area contributed by atoms with Crippen LogP contribution in [0.4, 0.5) is 0 Å². The Bertz CT molecular complexity index is 603. The number of hydrogen-bond donors (Lipinski definition) is 2. The minimum absolute atomic E-state index is 0. The molecule has 0 bridgehead atoms. The normalized spacial score (nSPS) is 20.4. The summed E-state index contributed by atoms with van der Waals surface area (Å²) in [6.07, 6.45) is 2.32. The number of benzene rings is 1. The summed E-state index contributed by atoms with van der Waals surface area (Å²) in [5.41, 5.74) is 2.52. The summed E-state index contributed by atoms with van der Waals surface area (Å²) in [5, 5.41) is 6.46. The molecule has 1 unspecified atom stereocenters. The molecule has 7 heteroatoms. The summed E-state index contributed by atoms with van der Waals surface area (Å²) >= 11 is 0. The number of rotatable bonds is 4. The van der Waals surface area contributed by atoms with Crippen LogP contribution in [0.2, 0.25) is 0 Å². The number of hydrogen-bond acceptors (Lipinski definition) is 4. The molecule has 0 aliphatic carbocycles. The minimum Gasteiger partial charge on any atom is -0.375 e. The maximum atomic E-state index is 12.5. The van der Waals surface area contributed by atoms with Crippen LogP contribution in [0.25, 0.3) is 0 Å². The van der Waals surface area contributed by atoms with E-state index >= 15 is 0 Å². The average molecular weight is 368 g/mol. The SMILES string of the molecule is COCC(=O)N1CCC(NC(=O)C2Cc3ccccc3CN2)CC1.Cl. The van der Waals surface area contributed by atoms with Gasteiger partial charge in [0.1, 0.15) is 6.61 Å². The van der Waals surface area contributed by atoms with E-state index in [0.717, 1.165) is 25.8 Å². The zero-order valence-corrected chi connectivity index (χ0v) is 15.3. The van der Waals surface area contributed by atoms with E-state index in [4.69, 9.17) is 4.74 Å². The summed E-state index contributed by atoms with van der Waals surface area (Å²) in [6.45, 7) is 2.21. The number of methoxy groups -OCH3 is 1. The van der Waals surface area contributed by atoms with Gasteiger partial charge in [-0.3, -0.25) is 9.59 Å². The third kappa shape index (κ3) is 4.93. The second kappa shape index (κ2) is 9.17. The van der Waals surface area contributed by atoms with E-state index in [-0.39, 0.29) is 42.9 Å². The van der Waals surface area contributed by atoms with Gasteiger partial charge < -0.3 is 20.3 Å². The molecule has 1 fully saturated rings. The van der Waals surface area contributed by atoms with Gasteiger partial charge in [-0.25, -0.2) is 0 Å². The van der Waals surface area contributed by atoms with Crippen LogP contribution in [-0.4, -0.2) is 55.6 Å². The fraction of sp³-hybridized carbons (Fsp3) is 0.556. The summed E-state index contributed by atoms with van der Waals surface area (Å²) < 4.78 is 4.89. The van der Waals surface area contributed by atoms with Gasteiger partial charge in [0.05, 0.1) is 6.04 Å². The van der Waals surface area contributed by atoms with E-state index in [1.807, 2.05) is 12.1 Å². The van der Waals surface area contributed by atoms with Gasteiger partial charge in [-0.1, -0.05) is 24.3 Å². The maximum absolute atomic E-state index is 12.5. The Hall–Kier alpha value is -1.63. The van der Waals surface area contributed by atoms with Gasteiger partial charge in [-0.2, -0.15) is 0 Å². The molecule has 1 saturated heterocycles. The molecule has 1 aromatic carbocycles. The lowest BCUT2D eigenvalue weighted by Gasteiger charge is -2.33. The first kappa shape index (κ1) is 19.7. The molecule has 0 spiro atoms. The lowest BCUT2D eigenvalue weighted by atomic mass is 9.95. The molecule has 2 N–H and O–H groups in total. The third-order valence-electron chi connectivity index (χ3n) is 4.86. The zero-order valence-electron chi connectivity index (χ0n) is 14.5. The molecular formula is C18H26ClN3O3. The molecule has 1 atom stereocenters. The summed E-state index contributed by atoms with van der Waals surface area (Å²) in [6, 6.07) is 8.21. The highest BCUT2D eigenvalue weighted by Crippen LogP contribution is 2.17. The maximum Gasteiger partial charge on any atom is 0.248 e. The minimum atomic E-state index is -0.173. The largest absolute Gasteiger partial charge is 0.375 e. The number of nitrogens with one attached hydrogen (secondary N) is 2. The van der Waals surface area contributed by atoms with Gasteiger partial charge in [-0.15, -0.1) is 12.4 Å². The molecule has 138 valence electrons. The lowest BCUT2D eigenvalue weighted by molar-refractivity contribution is -0.136. The van der Waals surface area contributed by atoms with Crippen molar-refractivity contribution in [2.45, 2.75) is 37.9 Å². The highest BCUT2D eigenvalue weighted by Gasteiger charge is 2.28. The van der Waals surface area contributed by atoms with Crippen LogP contribution in [0.15, 0.2) is 24.3 Å². The van der Waals surface area contributed by atoms with Crippen molar-refractivity contribution in [1.82, 2.24) is 15.5 Å². The Morgan fingerprint density at radius 3 is 2.60 bits per heavy atom. The Labute approximate surface area is 154 Å². The van der Waals surface area contributed by atoms with Crippen molar-refractivity contribution in [3.05, 3.63) is 35.4 Å². The van der Waals surface area contributed by atoms with Gasteiger partial charge in [0.25, 0.3) is 0 Å². The highest BCUT2D eigenvalue weighted by atomic mass is 35.5. The summed E-state index contributed by atoms with van der Waals surface area (Å²) in [4.78, 5) is 26.1. The number of nitrogens with zero attached hydrogens (tertiary/aromatic N) is 1. The number of fused-ring (bicyclic) bond motifs is 1. The first-order chi connectivity index (χ1) is 11.7. The number of carbonyl (C=O) groups is 2. The number of amides is 2. The van der Waals surface area contributed by atoms with Gasteiger partial charge in [0.2, 0.25) is 11.8 Å². The van der Waals surface area contributed by atoms with Crippen molar-refractivity contribution >= 4 is 24.2 Å². The molecule has 2 amide bonds. The monoisotopic (exact) mass is 367 g/mol. The molecule has 2 aliphatic heterocycles. The van der Waals surface area contributed by atoms with Crippen molar-refractivity contribution in [1.29, 1.82) is 0 Å². The highest BCUT2D eigenvalue weighted by molar-refractivity contribution is 5.85. The van der Waals surface area contributed by atoms with Gasteiger partial charge in [0, 0.05) is 32.8 Å². The van der Waals surface area contributed by atoms with Crippen molar-refractivity contribution in [3.8, 4) is 0 Å². The topological polar surface area (TPSA) is 70.7 Å². The molecule has 0 aromatic heterocycles. The van der Waals surface area contributed by atoms with Crippen molar-refractivity contribution in [3.63, 3.8) is 0 Å². The third-order valence-corrected chi connectivity index (χ3v) is 4.86. The van der Waals surface area contributed by atoms with Gasteiger partial charge in [0.15, 0.2) is 0 Å². The first-order valence-corrected chi connectivity index (χ1v) is 8.54. The van der Waals surface area contributed by atoms with Gasteiger partial charge in [-0.05, 0) is 30.4 Å². The Balaban J connectivity index is 0.00000225. The van der Waals surface area contributed by atoms with Crippen LogP contribution in [0, 0.1) is 0 Å². The van der Waals surface area contributed by atoms with E-state index < -0.39 is 0 Å². The molecular weight excluding hydrogens is 342 g/mol. The second-order valence-electron chi connectivity index (χ2n) is 6.50. The van der Waals surface area contributed by atoms with Crippen LogP contribution in [0.1, 0.15) is 24.0 Å². The van der Waals surface area contributed by atoms with E-state index in [1.54, 1.807) is 4.90 Å². The Kier molecular flexibility index (Phi) is 7.23. The van der Waals surface area contributed by atoms with Crippen LogP contribution < -0.4 is 10.6 Å². The lowest BCUT2D eigenvalue weighted by Crippen LogP contribution is -2.53. The number of carbonyl (C=O) groups excluding carboxylic acids is 2. The van der Waals surface area contributed by atoms with Crippen LogP contribution in [0.3, 0.4) is 0 Å². The average Bonchev–Trinajstić information content (AvgIpc) is 2.62. The molecule has 6 nitrogen and oxygen atoms in total. The molecule has 1 aromatic rings. The number of piperidine rings is 1. The standard InChI is InChI=1S/C18H25N3O3.ClH/c1-24-12-17(22)21-8-6-15(7-9-21)20-18(23)16-10-13-4-2-3-5-14(13)11-19-16;/h2-5,15-16,19H,6-12H2,1H3,(H,20,23);1H. The molecule has 25 heavy (non-hydrogen) atoms. The fourth-order valence-corrected chi connectivity index (χ4v) is 3.43. The van der Waals surface area contributed by atoms with Crippen molar-refractivity contribution in [2.24, 2.45) is 0 Å². The van der Waals surface area contributed by atoms with Crippen LogP contribution in [0.5, 0.6) is 0 Å². The van der Waals surface area contributed by atoms with Crippen molar-refractivity contribution in [2.75, 3.05) is 26.8 Å². The molecule has 0 saturated carbocycles. The zero-order chi connectivity index (χ0) is 16.9. The number of ether oxygens (including phenoxy) is 1. The number of likely N-dealkylation sites (tertiary alicyclic amines) is 1. The molecule has 3 rings (SSSR count). The number of halogens is 1. The predicted octanol–water partition coefficient (Wildman–Crippen LogP) is 0.876. The fourth-order valence-electron chi connectivity index (χ4n) is 3.43. The molecule has 0 radical (unpaired) electrons. The molecule has 2 aliphatic rings. The van der Waals surface area contributed by atoms with Crippen LogP contribution >= 0.6 is 12.4 Å². The predicted molar refractivity (Wildman–Crippen MR) is 97.6 cm³/mol. The Morgan fingerprint density at radius 2 is 1.92 bits per heavy atom. The van der Waals surface area contributed by atoms with E-state index in [1.165, 1.54) is 18.2 Å². The van der Waals surface area contributed by atoms with E-state index in [0.29, 0.717) is 13.1 Å². The smallest absolute Gasteiger partial charge is 0.248 e.